The minimum atomic E-state index is -0.463. The fourth-order valence-corrected chi connectivity index (χ4v) is 2.64. The Morgan fingerprint density at radius 1 is 1.15 bits per heavy atom. The molecule has 0 bridgehead atoms. The van der Waals surface area contributed by atoms with Crippen LogP contribution in [0.4, 0.5) is 14.6 Å². The lowest BCUT2D eigenvalue weighted by atomic mass is 10.3. The van der Waals surface area contributed by atoms with Crippen molar-refractivity contribution in [3.63, 3.8) is 0 Å². The molecule has 2 aromatic carbocycles. The number of ether oxygens (including phenoxy) is 1. The highest BCUT2D eigenvalue weighted by molar-refractivity contribution is 6.32. The predicted octanol–water partition coefficient (Wildman–Crippen LogP) is 4.52. The first-order valence-electron chi connectivity index (χ1n) is 8.12. The zero-order valence-corrected chi connectivity index (χ0v) is 15.1. The lowest BCUT2D eigenvalue weighted by molar-refractivity contribution is -0.116. The van der Waals surface area contributed by atoms with Gasteiger partial charge in [0.1, 0.15) is 23.2 Å². The van der Waals surface area contributed by atoms with Gasteiger partial charge >= 0.3 is 0 Å². The molecule has 1 heterocycles. The molecule has 3 rings (SSSR count). The van der Waals surface area contributed by atoms with Crippen molar-refractivity contribution in [2.24, 2.45) is 0 Å². The highest BCUT2D eigenvalue weighted by atomic mass is 35.5. The topological polar surface area (TPSA) is 56.1 Å². The number of aryl methyl sites for hydroxylation is 1. The summed E-state index contributed by atoms with van der Waals surface area (Å²) >= 11 is 5.87. The van der Waals surface area contributed by atoms with Crippen molar-refractivity contribution < 1.29 is 18.3 Å². The van der Waals surface area contributed by atoms with E-state index >= 15 is 0 Å². The summed E-state index contributed by atoms with van der Waals surface area (Å²) in [5, 5.41) is 7.20. The fourth-order valence-electron chi connectivity index (χ4n) is 2.42. The number of anilines is 1. The van der Waals surface area contributed by atoms with Crippen molar-refractivity contribution in [1.82, 2.24) is 9.78 Å². The smallest absolute Gasteiger partial charge is 0.228 e. The van der Waals surface area contributed by atoms with Crippen molar-refractivity contribution in [1.29, 1.82) is 0 Å². The van der Waals surface area contributed by atoms with Crippen LogP contribution >= 0.6 is 11.6 Å². The second-order valence-electron chi connectivity index (χ2n) is 5.78. The van der Waals surface area contributed by atoms with Crippen molar-refractivity contribution in [2.75, 3.05) is 11.9 Å². The third-order valence-electron chi connectivity index (χ3n) is 3.65. The highest BCUT2D eigenvalue weighted by Gasteiger charge is 2.12. The summed E-state index contributed by atoms with van der Waals surface area (Å²) < 4.78 is 33.0. The molecule has 140 valence electrons. The molecule has 0 saturated heterocycles. The Hall–Kier alpha value is -2.93. The fraction of sp³-hybridized carbons (Fsp3) is 0.158. The van der Waals surface area contributed by atoms with E-state index in [0.717, 1.165) is 6.07 Å². The summed E-state index contributed by atoms with van der Waals surface area (Å²) in [7, 11) is 0. The summed E-state index contributed by atoms with van der Waals surface area (Å²) in [6.07, 6.45) is 0.0569. The van der Waals surface area contributed by atoms with Gasteiger partial charge in [-0.1, -0.05) is 11.6 Å². The van der Waals surface area contributed by atoms with Crippen molar-refractivity contribution >= 4 is 23.3 Å². The monoisotopic (exact) mass is 391 g/mol. The number of amides is 1. The molecule has 1 aromatic heterocycles. The molecule has 0 saturated carbocycles. The molecule has 27 heavy (non-hydrogen) atoms. The van der Waals surface area contributed by atoms with Crippen LogP contribution in [0.15, 0.2) is 48.5 Å². The Balaban J connectivity index is 1.62. The number of carbonyl (C=O) groups excluding carboxylic acids is 1. The van der Waals surface area contributed by atoms with Crippen LogP contribution in [-0.4, -0.2) is 22.3 Å². The van der Waals surface area contributed by atoms with Crippen molar-refractivity contribution in [3.8, 4) is 11.4 Å². The second kappa shape index (κ2) is 8.18. The van der Waals surface area contributed by atoms with Crippen LogP contribution in [0.5, 0.6) is 5.75 Å². The minimum Gasteiger partial charge on any atom is -0.491 e. The van der Waals surface area contributed by atoms with E-state index in [0.29, 0.717) is 22.9 Å². The van der Waals surface area contributed by atoms with Crippen LogP contribution in [0.2, 0.25) is 5.02 Å². The first-order valence-corrected chi connectivity index (χ1v) is 8.50. The molecule has 0 atom stereocenters. The number of nitrogens with zero attached hydrogens (tertiary/aromatic N) is 2. The third-order valence-corrected chi connectivity index (χ3v) is 3.95. The molecule has 0 aliphatic heterocycles. The predicted molar refractivity (Wildman–Crippen MR) is 98.4 cm³/mol. The quantitative estimate of drug-likeness (QED) is 0.672. The molecule has 1 amide bonds. The largest absolute Gasteiger partial charge is 0.491 e. The summed E-state index contributed by atoms with van der Waals surface area (Å²) in [5.74, 6) is -0.349. The Bertz CT molecular complexity index is 958. The van der Waals surface area contributed by atoms with E-state index in [1.165, 1.54) is 28.9 Å². The number of benzene rings is 2. The summed E-state index contributed by atoms with van der Waals surface area (Å²) in [5.41, 5.74) is 1.32. The second-order valence-corrected chi connectivity index (χ2v) is 6.19. The van der Waals surface area contributed by atoms with Crippen molar-refractivity contribution in [2.45, 2.75) is 13.3 Å². The summed E-state index contributed by atoms with van der Waals surface area (Å²) in [6.45, 7) is 1.86. The van der Waals surface area contributed by atoms with Gasteiger partial charge in [0.05, 0.1) is 29.4 Å². The van der Waals surface area contributed by atoms with Gasteiger partial charge in [0.25, 0.3) is 0 Å². The van der Waals surface area contributed by atoms with Crippen LogP contribution in [0, 0.1) is 18.6 Å². The van der Waals surface area contributed by atoms with E-state index in [9.17, 15) is 13.6 Å². The number of hydrogen-bond acceptors (Lipinski definition) is 3. The lowest BCUT2D eigenvalue weighted by Gasteiger charge is -2.10. The normalized spacial score (nSPS) is 10.7. The molecule has 0 aliphatic carbocycles. The lowest BCUT2D eigenvalue weighted by Crippen LogP contribution is -2.17. The van der Waals surface area contributed by atoms with Gasteiger partial charge in [0.2, 0.25) is 5.91 Å². The van der Waals surface area contributed by atoms with Crippen LogP contribution in [0.25, 0.3) is 5.69 Å². The first kappa shape index (κ1) is 18.8. The Morgan fingerprint density at radius 2 is 1.85 bits per heavy atom. The molecule has 0 fully saturated rings. The Kier molecular flexibility index (Phi) is 5.71. The van der Waals surface area contributed by atoms with Gasteiger partial charge in [-0.05, 0) is 49.4 Å². The van der Waals surface area contributed by atoms with E-state index in [-0.39, 0.29) is 29.8 Å². The molecular formula is C19H16ClF2N3O2. The van der Waals surface area contributed by atoms with Gasteiger partial charge in [0.15, 0.2) is 0 Å². The van der Waals surface area contributed by atoms with E-state index < -0.39 is 5.82 Å². The van der Waals surface area contributed by atoms with Gasteiger partial charge in [-0.25, -0.2) is 13.5 Å². The number of aromatic nitrogens is 2. The summed E-state index contributed by atoms with van der Waals surface area (Å²) in [6, 6.07) is 11.2. The summed E-state index contributed by atoms with van der Waals surface area (Å²) in [4.78, 5) is 12.2. The number of halogens is 3. The van der Waals surface area contributed by atoms with E-state index in [1.54, 1.807) is 25.1 Å². The SMILES string of the molecule is Cc1cc(NC(=O)CCOc2ccc(F)cc2Cl)n(-c2ccc(F)cc2)n1. The van der Waals surface area contributed by atoms with Crippen molar-refractivity contribution in [3.05, 3.63) is 70.9 Å². The van der Waals surface area contributed by atoms with Gasteiger partial charge in [0, 0.05) is 6.07 Å². The standard InChI is InChI=1S/C19H16ClF2N3O2/c1-12-10-18(25(24-12)15-5-2-13(21)3-6-15)23-19(26)8-9-27-17-7-4-14(22)11-16(17)20/h2-7,10-11H,8-9H2,1H3,(H,23,26). The molecule has 0 aliphatic rings. The maximum Gasteiger partial charge on any atom is 0.228 e. The molecule has 0 spiro atoms. The van der Waals surface area contributed by atoms with E-state index in [2.05, 4.69) is 10.4 Å². The number of nitrogens with one attached hydrogen (secondary N) is 1. The zero-order valence-electron chi connectivity index (χ0n) is 14.4. The molecule has 1 N–H and O–H groups in total. The van der Waals surface area contributed by atoms with Crippen LogP contribution in [-0.2, 0) is 4.79 Å². The molecule has 3 aromatic rings. The zero-order chi connectivity index (χ0) is 19.4. The number of hydrogen-bond donors (Lipinski definition) is 1. The van der Waals surface area contributed by atoms with E-state index in [4.69, 9.17) is 16.3 Å². The molecular weight excluding hydrogens is 376 g/mol. The van der Waals surface area contributed by atoms with Crippen LogP contribution < -0.4 is 10.1 Å². The van der Waals surface area contributed by atoms with Gasteiger partial charge in [-0.2, -0.15) is 5.10 Å². The minimum absolute atomic E-state index is 0.0569. The molecule has 0 radical (unpaired) electrons. The highest BCUT2D eigenvalue weighted by Crippen LogP contribution is 2.25. The van der Waals surface area contributed by atoms with E-state index in [1.807, 2.05) is 0 Å². The number of rotatable bonds is 6. The maximum absolute atomic E-state index is 13.1. The van der Waals surface area contributed by atoms with Gasteiger partial charge in [-0.15, -0.1) is 0 Å². The Morgan fingerprint density at radius 3 is 2.56 bits per heavy atom. The molecule has 8 heteroatoms. The molecule has 5 nitrogen and oxygen atoms in total. The van der Waals surface area contributed by atoms with Gasteiger partial charge < -0.3 is 10.1 Å². The van der Waals surface area contributed by atoms with Crippen LogP contribution in [0.3, 0.4) is 0 Å². The Labute approximate surface area is 159 Å². The average molecular weight is 392 g/mol. The van der Waals surface area contributed by atoms with Crippen LogP contribution in [0.1, 0.15) is 12.1 Å². The number of carbonyl (C=O) groups is 1. The maximum atomic E-state index is 13.1. The van der Waals surface area contributed by atoms with Gasteiger partial charge in [-0.3, -0.25) is 4.79 Å². The average Bonchev–Trinajstić information content (AvgIpc) is 2.97. The first-order chi connectivity index (χ1) is 12.9. The third kappa shape index (κ3) is 4.83. The molecule has 0 unspecified atom stereocenters.